The van der Waals surface area contributed by atoms with Gasteiger partial charge in [-0.15, -0.1) is 0 Å². The van der Waals surface area contributed by atoms with Crippen molar-refractivity contribution in [1.82, 2.24) is 4.90 Å². The highest BCUT2D eigenvalue weighted by Crippen LogP contribution is 2.00. The fourth-order valence-electron chi connectivity index (χ4n) is 1.44. The Kier molecular flexibility index (Phi) is 10.1. The first-order valence-electron chi connectivity index (χ1n) is 6.72. The topological polar surface area (TPSA) is 55.8 Å². The van der Waals surface area contributed by atoms with E-state index in [-0.39, 0.29) is 12.5 Å². The van der Waals surface area contributed by atoms with Gasteiger partial charge in [-0.05, 0) is 20.3 Å². The minimum atomic E-state index is -0.470. The molecule has 0 unspecified atom stereocenters. The molecule has 0 saturated heterocycles. The highest BCUT2D eigenvalue weighted by molar-refractivity contribution is 5.78. The van der Waals surface area contributed by atoms with Crippen LogP contribution in [-0.2, 0) is 14.3 Å². The number of carbonyl (C=O) groups excluding carboxylic acids is 2. The summed E-state index contributed by atoms with van der Waals surface area (Å²) in [6.07, 6.45) is 3.79. The first-order chi connectivity index (χ1) is 8.65. The third-order valence-corrected chi connectivity index (χ3v) is 2.49. The average Bonchev–Trinajstić information content (AvgIpc) is 2.36. The lowest BCUT2D eigenvalue weighted by molar-refractivity contribution is -0.144. The number of unbranched alkanes of at least 4 members (excludes halogenated alkanes) is 3. The summed E-state index contributed by atoms with van der Waals surface area (Å²) in [5, 5.41) is 0. The molecule has 5 heteroatoms. The summed E-state index contributed by atoms with van der Waals surface area (Å²) >= 11 is 0. The number of carbonyl (C=O) groups is 2. The van der Waals surface area contributed by atoms with Gasteiger partial charge in [-0.2, -0.15) is 0 Å². The molecule has 0 aromatic carbocycles. The molecule has 0 aromatic heterocycles. The van der Waals surface area contributed by atoms with Crippen LogP contribution in [-0.4, -0.2) is 43.3 Å². The normalized spacial score (nSPS) is 9.94. The van der Waals surface area contributed by atoms with Gasteiger partial charge >= 0.3 is 12.1 Å². The number of ether oxygens (including phenoxy) is 2. The molecule has 0 heterocycles. The summed E-state index contributed by atoms with van der Waals surface area (Å²) in [6, 6.07) is 0. The maximum Gasteiger partial charge on any atom is 0.410 e. The summed E-state index contributed by atoms with van der Waals surface area (Å²) < 4.78 is 9.89. The van der Waals surface area contributed by atoms with E-state index in [1.807, 2.05) is 0 Å². The van der Waals surface area contributed by atoms with Crippen LogP contribution in [0.5, 0.6) is 0 Å². The van der Waals surface area contributed by atoms with Gasteiger partial charge in [0.1, 0.15) is 6.54 Å². The van der Waals surface area contributed by atoms with Crippen molar-refractivity contribution in [3.8, 4) is 0 Å². The molecule has 0 saturated carbocycles. The highest BCUT2D eigenvalue weighted by Gasteiger charge is 2.16. The Morgan fingerprint density at radius 1 is 1.00 bits per heavy atom. The molecule has 1 amide bonds. The second kappa shape index (κ2) is 10.9. The summed E-state index contributed by atoms with van der Waals surface area (Å²) in [7, 11) is 0. The van der Waals surface area contributed by atoms with E-state index < -0.39 is 6.09 Å². The predicted molar refractivity (Wildman–Crippen MR) is 69.4 cm³/mol. The Balaban J connectivity index is 3.79. The molecule has 0 fully saturated rings. The highest BCUT2D eigenvalue weighted by atomic mass is 16.6. The molecule has 0 atom stereocenters. The van der Waals surface area contributed by atoms with E-state index in [1.165, 1.54) is 4.90 Å². The minimum absolute atomic E-state index is 0.0386. The summed E-state index contributed by atoms with van der Waals surface area (Å²) in [5.41, 5.74) is 0. The van der Waals surface area contributed by atoms with Gasteiger partial charge in [0.2, 0.25) is 0 Å². The molecule has 5 nitrogen and oxygen atoms in total. The number of hydrogen-bond acceptors (Lipinski definition) is 4. The van der Waals surface area contributed by atoms with E-state index >= 15 is 0 Å². The number of likely N-dealkylation sites (N-methyl/N-ethyl adjacent to an activating group) is 1. The average molecular weight is 259 g/mol. The third-order valence-electron chi connectivity index (χ3n) is 2.49. The van der Waals surface area contributed by atoms with Gasteiger partial charge in [0, 0.05) is 6.54 Å². The fourth-order valence-corrected chi connectivity index (χ4v) is 1.44. The van der Waals surface area contributed by atoms with Crippen LogP contribution in [0.3, 0.4) is 0 Å². The molecule has 0 bridgehead atoms. The molecule has 106 valence electrons. The van der Waals surface area contributed by atoms with Crippen LogP contribution < -0.4 is 0 Å². The van der Waals surface area contributed by atoms with Crippen molar-refractivity contribution in [2.75, 3.05) is 26.3 Å². The van der Waals surface area contributed by atoms with Crippen LogP contribution in [0.4, 0.5) is 4.79 Å². The van der Waals surface area contributed by atoms with E-state index in [9.17, 15) is 9.59 Å². The van der Waals surface area contributed by atoms with Crippen LogP contribution in [0.25, 0.3) is 0 Å². The molecule has 0 aliphatic heterocycles. The maximum atomic E-state index is 11.5. The Morgan fingerprint density at radius 3 is 2.28 bits per heavy atom. The second-order valence-electron chi connectivity index (χ2n) is 3.99. The smallest absolute Gasteiger partial charge is 0.410 e. The zero-order valence-corrected chi connectivity index (χ0v) is 11.7. The Morgan fingerprint density at radius 2 is 1.72 bits per heavy atom. The second-order valence-corrected chi connectivity index (χ2v) is 3.99. The third kappa shape index (κ3) is 7.92. The van der Waals surface area contributed by atoms with E-state index in [1.54, 1.807) is 13.8 Å². The quantitative estimate of drug-likeness (QED) is 0.472. The first-order valence-corrected chi connectivity index (χ1v) is 6.72. The maximum absolute atomic E-state index is 11.5. The van der Waals surface area contributed by atoms with Gasteiger partial charge in [0.25, 0.3) is 0 Å². The van der Waals surface area contributed by atoms with Crippen LogP contribution in [0.1, 0.15) is 46.5 Å². The first kappa shape index (κ1) is 16.7. The van der Waals surface area contributed by atoms with Crippen LogP contribution in [0.15, 0.2) is 0 Å². The van der Waals surface area contributed by atoms with Gasteiger partial charge in [-0.25, -0.2) is 4.79 Å². The van der Waals surface area contributed by atoms with Gasteiger partial charge in [-0.3, -0.25) is 9.69 Å². The van der Waals surface area contributed by atoms with Crippen LogP contribution in [0, 0.1) is 0 Å². The summed E-state index contributed by atoms with van der Waals surface area (Å²) in [6.45, 7) is 6.79. The van der Waals surface area contributed by atoms with Crippen LogP contribution >= 0.6 is 0 Å². The fraction of sp³-hybridized carbons (Fsp3) is 0.846. The molecular formula is C13H25NO4. The van der Waals surface area contributed by atoms with E-state index in [2.05, 4.69) is 6.92 Å². The largest absolute Gasteiger partial charge is 0.464 e. The molecule has 0 N–H and O–H groups in total. The SMILES string of the molecule is CCCCCCOC(=O)CN(CC)C(=O)OCC. The molecule has 0 aliphatic carbocycles. The molecule has 0 aromatic rings. The summed E-state index contributed by atoms with van der Waals surface area (Å²) in [4.78, 5) is 24.2. The number of amides is 1. The molecule has 0 aliphatic rings. The Labute approximate surface area is 109 Å². The van der Waals surface area contributed by atoms with Crippen molar-refractivity contribution in [1.29, 1.82) is 0 Å². The van der Waals surface area contributed by atoms with E-state index in [4.69, 9.17) is 9.47 Å². The van der Waals surface area contributed by atoms with Crippen molar-refractivity contribution >= 4 is 12.1 Å². The minimum Gasteiger partial charge on any atom is -0.464 e. The van der Waals surface area contributed by atoms with E-state index in [0.717, 1.165) is 25.7 Å². The lowest BCUT2D eigenvalue weighted by Gasteiger charge is -2.18. The zero-order chi connectivity index (χ0) is 13.8. The molecule has 18 heavy (non-hydrogen) atoms. The molecular weight excluding hydrogens is 234 g/mol. The van der Waals surface area contributed by atoms with Crippen molar-refractivity contribution in [3.05, 3.63) is 0 Å². The van der Waals surface area contributed by atoms with Crippen molar-refractivity contribution in [2.45, 2.75) is 46.5 Å². The van der Waals surface area contributed by atoms with Crippen molar-refractivity contribution in [2.24, 2.45) is 0 Å². The predicted octanol–water partition coefficient (Wildman–Crippen LogP) is 2.59. The van der Waals surface area contributed by atoms with Crippen LogP contribution in [0.2, 0.25) is 0 Å². The van der Waals surface area contributed by atoms with Gasteiger partial charge < -0.3 is 9.47 Å². The lowest BCUT2D eigenvalue weighted by Crippen LogP contribution is -2.36. The van der Waals surface area contributed by atoms with E-state index in [0.29, 0.717) is 19.8 Å². The van der Waals surface area contributed by atoms with Gasteiger partial charge in [-0.1, -0.05) is 26.2 Å². The summed E-state index contributed by atoms with van der Waals surface area (Å²) in [5.74, 6) is -0.374. The zero-order valence-electron chi connectivity index (χ0n) is 11.7. The Hall–Kier alpha value is -1.26. The van der Waals surface area contributed by atoms with Gasteiger partial charge in [0.05, 0.1) is 13.2 Å². The molecule has 0 spiro atoms. The molecule has 0 rings (SSSR count). The number of hydrogen-bond donors (Lipinski definition) is 0. The monoisotopic (exact) mass is 259 g/mol. The standard InChI is InChI=1S/C13H25NO4/c1-4-7-8-9-10-18-12(15)11-14(5-2)13(16)17-6-3/h4-11H2,1-3H3. The number of rotatable bonds is 9. The lowest BCUT2D eigenvalue weighted by atomic mass is 10.2. The number of esters is 1. The van der Waals surface area contributed by atoms with Crippen molar-refractivity contribution < 1.29 is 19.1 Å². The van der Waals surface area contributed by atoms with Gasteiger partial charge in [0.15, 0.2) is 0 Å². The van der Waals surface area contributed by atoms with Crippen molar-refractivity contribution in [3.63, 3.8) is 0 Å². The molecule has 0 radical (unpaired) electrons. The number of nitrogens with zero attached hydrogens (tertiary/aromatic N) is 1. The Bertz CT molecular complexity index is 243.